The van der Waals surface area contributed by atoms with Crippen LogP contribution in [0, 0.1) is 0 Å². The first kappa shape index (κ1) is 11.8. The maximum Gasteiger partial charge on any atom is 0.187 e. The zero-order chi connectivity index (χ0) is 13.1. The van der Waals surface area contributed by atoms with Gasteiger partial charge in [-0.3, -0.25) is 0 Å². The maximum atomic E-state index is 4.18. The zero-order valence-electron chi connectivity index (χ0n) is 10.2. The van der Waals surface area contributed by atoms with Crippen LogP contribution in [0.2, 0.25) is 0 Å². The van der Waals surface area contributed by atoms with E-state index in [0.717, 1.165) is 16.4 Å². The van der Waals surface area contributed by atoms with Crippen molar-refractivity contribution in [2.75, 3.05) is 5.32 Å². The number of nitrogens with one attached hydrogen (secondary N) is 2. The summed E-state index contributed by atoms with van der Waals surface area (Å²) in [5.41, 5.74) is 2.16. The third-order valence-corrected chi connectivity index (χ3v) is 3.53. The SMILES string of the molecule is C[C@H](c1ccc(Nc2nccs2)cc1)c1nn[nH]n1. The van der Waals surface area contributed by atoms with Crippen LogP contribution in [0.15, 0.2) is 35.8 Å². The van der Waals surface area contributed by atoms with Gasteiger partial charge in [0, 0.05) is 23.2 Å². The monoisotopic (exact) mass is 272 g/mol. The lowest BCUT2D eigenvalue weighted by Gasteiger charge is -2.08. The van der Waals surface area contributed by atoms with Crippen LogP contribution in [0.1, 0.15) is 24.2 Å². The average Bonchev–Trinajstić information content (AvgIpc) is 3.12. The average molecular weight is 272 g/mol. The predicted molar refractivity (Wildman–Crippen MR) is 73.5 cm³/mol. The third-order valence-electron chi connectivity index (χ3n) is 2.84. The number of tetrazole rings is 1. The number of benzene rings is 1. The fourth-order valence-corrected chi connectivity index (χ4v) is 2.31. The Labute approximate surface area is 113 Å². The highest BCUT2D eigenvalue weighted by Gasteiger charge is 2.12. The van der Waals surface area contributed by atoms with Gasteiger partial charge >= 0.3 is 0 Å². The summed E-state index contributed by atoms with van der Waals surface area (Å²) >= 11 is 1.57. The van der Waals surface area contributed by atoms with E-state index in [9.17, 15) is 0 Å². The second-order valence-electron chi connectivity index (χ2n) is 4.08. The molecule has 3 aromatic rings. The van der Waals surface area contributed by atoms with Crippen molar-refractivity contribution in [2.45, 2.75) is 12.8 Å². The summed E-state index contributed by atoms with van der Waals surface area (Å²) in [6.07, 6.45) is 1.78. The largest absolute Gasteiger partial charge is 0.332 e. The van der Waals surface area contributed by atoms with Crippen molar-refractivity contribution >= 4 is 22.2 Å². The summed E-state index contributed by atoms with van der Waals surface area (Å²) in [6, 6.07) is 8.15. The normalized spacial score (nSPS) is 12.3. The Balaban J connectivity index is 1.75. The Hall–Kier alpha value is -2.28. The molecule has 0 unspecified atom stereocenters. The quantitative estimate of drug-likeness (QED) is 0.763. The molecule has 0 radical (unpaired) electrons. The van der Waals surface area contributed by atoms with Gasteiger partial charge in [-0.2, -0.15) is 5.21 Å². The van der Waals surface area contributed by atoms with Gasteiger partial charge < -0.3 is 5.32 Å². The van der Waals surface area contributed by atoms with Gasteiger partial charge in [-0.05, 0) is 17.7 Å². The molecule has 0 aliphatic rings. The Morgan fingerprint density at radius 2 is 2.11 bits per heavy atom. The maximum absolute atomic E-state index is 4.18. The van der Waals surface area contributed by atoms with Gasteiger partial charge in [0.2, 0.25) is 0 Å². The molecule has 0 fully saturated rings. The molecular weight excluding hydrogens is 260 g/mol. The Kier molecular flexibility index (Phi) is 3.20. The summed E-state index contributed by atoms with van der Waals surface area (Å²) in [5, 5.41) is 20.1. The van der Waals surface area contributed by atoms with E-state index in [2.05, 4.69) is 43.1 Å². The number of anilines is 2. The van der Waals surface area contributed by atoms with Crippen molar-refractivity contribution in [3.8, 4) is 0 Å². The Bertz CT molecular complexity index is 617. The molecule has 2 heterocycles. The first-order chi connectivity index (χ1) is 9.33. The fourth-order valence-electron chi connectivity index (χ4n) is 1.77. The molecule has 0 amide bonds. The number of nitrogens with zero attached hydrogens (tertiary/aromatic N) is 4. The Morgan fingerprint density at radius 1 is 1.26 bits per heavy atom. The minimum atomic E-state index is 0.118. The first-order valence-corrected chi connectivity index (χ1v) is 6.71. The van der Waals surface area contributed by atoms with Gasteiger partial charge in [-0.25, -0.2) is 4.98 Å². The van der Waals surface area contributed by atoms with Gasteiger partial charge in [-0.15, -0.1) is 21.5 Å². The fraction of sp³-hybridized carbons (Fsp3) is 0.167. The van der Waals surface area contributed by atoms with Crippen molar-refractivity contribution in [3.05, 3.63) is 47.2 Å². The highest BCUT2D eigenvalue weighted by Crippen LogP contribution is 2.24. The van der Waals surface area contributed by atoms with Crippen LogP contribution < -0.4 is 5.32 Å². The zero-order valence-corrected chi connectivity index (χ0v) is 11.1. The smallest absolute Gasteiger partial charge is 0.187 e. The Morgan fingerprint density at radius 3 is 2.74 bits per heavy atom. The second kappa shape index (κ2) is 5.15. The summed E-state index contributed by atoms with van der Waals surface area (Å²) in [5.74, 6) is 0.813. The molecule has 19 heavy (non-hydrogen) atoms. The van der Waals surface area contributed by atoms with Gasteiger partial charge in [0.1, 0.15) is 0 Å². The van der Waals surface area contributed by atoms with Crippen LogP contribution in [-0.4, -0.2) is 25.6 Å². The lowest BCUT2D eigenvalue weighted by atomic mass is 10.0. The third kappa shape index (κ3) is 2.60. The van der Waals surface area contributed by atoms with Gasteiger partial charge in [0.25, 0.3) is 0 Å². The predicted octanol–water partition coefficient (Wildman–Crippen LogP) is 2.55. The van der Waals surface area contributed by atoms with E-state index in [1.807, 2.05) is 24.4 Å². The molecule has 0 bridgehead atoms. The van der Waals surface area contributed by atoms with Crippen LogP contribution in [0.25, 0.3) is 0 Å². The standard InChI is InChI=1S/C12H12N6S/c1-8(11-15-17-18-16-11)9-2-4-10(5-3-9)14-12-13-6-7-19-12/h2-8H,1H3,(H,13,14)(H,15,16,17,18)/t8-/m1/s1. The number of hydrogen-bond acceptors (Lipinski definition) is 6. The van der Waals surface area contributed by atoms with Gasteiger partial charge in [0.05, 0.1) is 0 Å². The molecule has 0 aliphatic heterocycles. The molecule has 2 aromatic heterocycles. The van der Waals surface area contributed by atoms with Crippen LogP contribution in [0.3, 0.4) is 0 Å². The number of aromatic amines is 1. The van der Waals surface area contributed by atoms with Crippen molar-refractivity contribution in [2.24, 2.45) is 0 Å². The molecule has 0 saturated heterocycles. The summed E-state index contributed by atoms with van der Waals surface area (Å²) in [4.78, 5) is 4.18. The van der Waals surface area contributed by atoms with E-state index >= 15 is 0 Å². The molecule has 3 rings (SSSR count). The van der Waals surface area contributed by atoms with Crippen molar-refractivity contribution in [1.29, 1.82) is 0 Å². The number of thiazole rings is 1. The second-order valence-corrected chi connectivity index (χ2v) is 4.97. The highest BCUT2D eigenvalue weighted by molar-refractivity contribution is 7.13. The number of aromatic nitrogens is 5. The molecule has 0 saturated carbocycles. The molecule has 0 spiro atoms. The van der Waals surface area contributed by atoms with Crippen molar-refractivity contribution < 1.29 is 0 Å². The highest BCUT2D eigenvalue weighted by atomic mass is 32.1. The lowest BCUT2D eigenvalue weighted by molar-refractivity contribution is 0.821. The van der Waals surface area contributed by atoms with E-state index < -0.39 is 0 Å². The molecule has 7 heteroatoms. The van der Waals surface area contributed by atoms with Crippen LogP contribution in [0.4, 0.5) is 10.8 Å². The first-order valence-electron chi connectivity index (χ1n) is 5.83. The minimum Gasteiger partial charge on any atom is -0.332 e. The number of rotatable bonds is 4. The van der Waals surface area contributed by atoms with E-state index in [1.165, 1.54) is 0 Å². The van der Waals surface area contributed by atoms with Crippen LogP contribution in [-0.2, 0) is 0 Å². The van der Waals surface area contributed by atoms with E-state index in [4.69, 9.17) is 0 Å². The van der Waals surface area contributed by atoms with Gasteiger partial charge in [0.15, 0.2) is 11.0 Å². The molecule has 1 atom stereocenters. The summed E-state index contributed by atoms with van der Waals surface area (Å²) < 4.78 is 0. The molecule has 6 nitrogen and oxygen atoms in total. The number of H-pyrrole nitrogens is 1. The molecule has 0 aliphatic carbocycles. The molecule has 2 N–H and O–H groups in total. The lowest BCUT2D eigenvalue weighted by Crippen LogP contribution is -1.99. The topological polar surface area (TPSA) is 79.4 Å². The molecule has 96 valence electrons. The van der Waals surface area contributed by atoms with E-state index in [1.54, 1.807) is 17.5 Å². The van der Waals surface area contributed by atoms with Crippen molar-refractivity contribution in [3.63, 3.8) is 0 Å². The van der Waals surface area contributed by atoms with E-state index in [0.29, 0.717) is 5.82 Å². The molecular formula is C12H12N6S. The van der Waals surface area contributed by atoms with Crippen LogP contribution in [0.5, 0.6) is 0 Å². The van der Waals surface area contributed by atoms with Gasteiger partial charge in [-0.1, -0.05) is 24.3 Å². The summed E-state index contributed by atoms with van der Waals surface area (Å²) in [6.45, 7) is 2.05. The van der Waals surface area contributed by atoms with Crippen molar-refractivity contribution in [1.82, 2.24) is 25.6 Å². The number of hydrogen-bond donors (Lipinski definition) is 2. The van der Waals surface area contributed by atoms with Crippen LogP contribution >= 0.6 is 11.3 Å². The van der Waals surface area contributed by atoms with E-state index in [-0.39, 0.29) is 5.92 Å². The molecule has 1 aromatic carbocycles. The minimum absolute atomic E-state index is 0.118. The summed E-state index contributed by atoms with van der Waals surface area (Å²) in [7, 11) is 0.